The van der Waals surface area contributed by atoms with Gasteiger partial charge in [0.1, 0.15) is 17.5 Å². The number of sulfonamides is 1. The normalized spacial score (nSPS) is 12.2. The number of hydrogen-bond acceptors (Lipinski definition) is 6. The van der Waals surface area contributed by atoms with Gasteiger partial charge in [-0.1, -0.05) is 27.7 Å². The van der Waals surface area contributed by atoms with Crippen LogP contribution in [0.5, 0.6) is 0 Å². The largest absolute Gasteiger partial charge is 0.373 e. The van der Waals surface area contributed by atoms with Crippen LogP contribution in [0.2, 0.25) is 0 Å². The van der Waals surface area contributed by atoms with Crippen molar-refractivity contribution in [1.82, 2.24) is 14.7 Å². The van der Waals surface area contributed by atoms with Gasteiger partial charge in [0.15, 0.2) is 0 Å². The SMILES string of the molecule is CCNS(=O)(=O)CCNc1cc(NC)nc(C(C)(C)C)n1. The van der Waals surface area contributed by atoms with Gasteiger partial charge in [0, 0.05) is 31.6 Å². The summed E-state index contributed by atoms with van der Waals surface area (Å²) in [6, 6.07) is 1.76. The van der Waals surface area contributed by atoms with Crippen LogP contribution in [0, 0.1) is 0 Å². The Morgan fingerprint density at radius 2 is 1.81 bits per heavy atom. The minimum absolute atomic E-state index is 0.00454. The van der Waals surface area contributed by atoms with Gasteiger partial charge in [-0.25, -0.2) is 23.1 Å². The Morgan fingerprint density at radius 3 is 2.33 bits per heavy atom. The predicted molar refractivity (Wildman–Crippen MR) is 86.2 cm³/mol. The van der Waals surface area contributed by atoms with Crippen molar-refractivity contribution in [2.45, 2.75) is 33.1 Å². The van der Waals surface area contributed by atoms with Gasteiger partial charge in [-0.2, -0.15) is 0 Å². The van der Waals surface area contributed by atoms with E-state index in [0.717, 1.165) is 0 Å². The molecule has 0 fully saturated rings. The lowest BCUT2D eigenvalue weighted by Crippen LogP contribution is -2.29. The van der Waals surface area contributed by atoms with E-state index < -0.39 is 10.0 Å². The van der Waals surface area contributed by atoms with Crippen molar-refractivity contribution in [2.75, 3.05) is 36.5 Å². The molecule has 1 aromatic rings. The van der Waals surface area contributed by atoms with Crippen LogP contribution in [-0.4, -0.2) is 44.3 Å². The lowest BCUT2D eigenvalue weighted by Gasteiger charge is -2.18. The zero-order chi connectivity index (χ0) is 16.1. The fourth-order valence-electron chi connectivity index (χ4n) is 1.61. The molecule has 0 spiro atoms. The van der Waals surface area contributed by atoms with Gasteiger partial charge < -0.3 is 10.6 Å². The number of rotatable bonds is 7. The first-order valence-electron chi connectivity index (χ1n) is 6.96. The zero-order valence-electron chi connectivity index (χ0n) is 13.3. The highest BCUT2D eigenvalue weighted by Gasteiger charge is 2.19. The number of aromatic nitrogens is 2. The number of hydrogen-bond donors (Lipinski definition) is 3. The van der Waals surface area contributed by atoms with Crippen LogP contribution < -0.4 is 15.4 Å². The highest BCUT2D eigenvalue weighted by atomic mass is 32.2. The molecule has 1 aromatic heterocycles. The molecule has 0 saturated heterocycles. The van der Waals surface area contributed by atoms with Gasteiger partial charge in [-0.3, -0.25) is 0 Å². The Hall–Kier alpha value is -1.41. The van der Waals surface area contributed by atoms with Crippen molar-refractivity contribution in [2.24, 2.45) is 0 Å². The maximum atomic E-state index is 11.6. The quantitative estimate of drug-likeness (QED) is 0.699. The van der Waals surface area contributed by atoms with Crippen LogP contribution in [0.3, 0.4) is 0 Å². The van der Waals surface area contributed by atoms with Crippen LogP contribution in [0.1, 0.15) is 33.5 Å². The molecular weight excluding hydrogens is 290 g/mol. The molecule has 0 amide bonds. The minimum atomic E-state index is -3.23. The highest BCUT2D eigenvalue weighted by molar-refractivity contribution is 7.89. The van der Waals surface area contributed by atoms with Gasteiger partial charge in [0.05, 0.1) is 5.75 Å². The van der Waals surface area contributed by atoms with Crippen LogP contribution in [0.15, 0.2) is 6.07 Å². The van der Waals surface area contributed by atoms with E-state index in [0.29, 0.717) is 30.5 Å². The second-order valence-electron chi connectivity index (χ2n) is 5.71. The fourth-order valence-corrected chi connectivity index (χ4v) is 2.56. The van der Waals surface area contributed by atoms with E-state index in [1.165, 1.54) is 0 Å². The predicted octanol–water partition coefficient (Wildman–Crippen LogP) is 1.17. The summed E-state index contributed by atoms with van der Waals surface area (Å²) in [5, 5.41) is 6.02. The standard InChI is InChI=1S/C13H25N5O2S/c1-6-16-21(19,20)8-7-15-11-9-10(14-5)17-12(18-11)13(2,3)4/h9,16H,6-8H2,1-5H3,(H2,14,15,17,18). The molecule has 0 atom stereocenters. The summed E-state index contributed by atoms with van der Waals surface area (Å²) >= 11 is 0. The van der Waals surface area contributed by atoms with Crippen molar-refractivity contribution in [3.8, 4) is 0 Å². The maximum Gasteiger partial charge on any atom is 0.213 e. The average Bonchev–Trinajstić information content (AvgIpc) is 2.37. The third-order valence-corrected chi connectivity index (χ3v) is 4.16. The van der Waals surface area contributed by atoms with E-state index in [1.54, 1.807) is 20.0 Å². The van der Waals surface area contributed by atoms with Gasteiger partial charge in [-0.15, -0.1) is 0 Å². The van der Waals surface area contributed by atoms with Crippen molar-refractivity contribution in [1.29, 1.82) is 0 Å². The third-order valence-electron chi connectivity index (χ3n) is 2.69. The lowest BCUT2D eigenvalue weighted by molar-refractivity contribution is 0.546. The molecule has 0 aliphatic carbocycles. The first-order valence-corrected chi connectivity index (χ1v) is 8.61. The smallest absolute Gasteiger partial charge is 0.213 e. The first kappa shape index (κ1) is 17.6. The molecule has 0 bridgehead atoms. The molecule has 21 heavy (non-hydrogen) atoms. The Kier molecular flexibility index (Phi) is 5.91. The molecule has 120 valence electrons. The molecule has 3 N–H and O–H groups in total. The van der Waals surface area contributed by atoms with Crippen molar-refractivity contribution in [3.63, 3.8) is 0 Å². The van der Waals surface area contributed by atoms with Crippen molar-refractivity contribution >= 4 is 21.7 Å². The summed E-state index contributed by atoms with van der Waals surface area (Å²) in [4.78, 5) is 8.86. The molecule has 8 heteroatoms. The number of nitrogens with one attached hydrogen (secondary N) is 3. The van der Waals surface area contributed by atoms with E-state index in [1.807, 2.05) is 20.8 Å². The lowest BCUT2D eigenvalue weighted by atomic mass is 9.96. The molecule has 0 aliphatic heterocycles. The van der Waals surface area contributed by atoms with Crippen molar-refractivity contribution < 1.29 is 8.42 Å². The monoisotopic (exact) mass is 315 g/mol. The summed E-state index contributed by atoms with van der Waals surface area (Å²) in [6.07, 6.45) is 0. The molecular formula is C13H25N5O2S. The van der Waals surface area contributed by atoms with Gasteiger partial charge in [0.25, 0.3) is 0 Å². The maximum absolute atomic E-state index is 11.6. The van der Waals surface area contributed by atoms with Crippen molar-refractivity contribution in [3.05, 3.63) is 11.9 Å². The Bertz CT molecular complexity index is 566. The molecule has 7 nitrogen and oxygen atoms in total. The molecule has 0 aliphatic rings. The van der Waals surface area contributed by atoms with Crippen LogP contribution in [-0.2, 0) is 15.4 Å². The summed E-state index contributed by atoms with van der Waals surface area (Å²) in [6.45, 7) is 8.53. The summed E-state index contributed by atoms with van der Waals surface area (Å²) < 4.78 is 25.6. The number of nitrogens with zero attached hydrogens (tertiary/aromatic N) is 2. The molecule has 1 heterocycles. The van der Waals surface area contributed by atoms with E-state index in [2.05, 4.69) is 25.3 Å². The Morgan fingerprint density at radius 1 is 1.19 bits per heavy atom. The van der Waals surface area contributed by atoms with E-state index in [-0.39, 0.29) is 11.2 Å². The van der Waals surface area contributed by atoms with E-state index >= 15 is 0 Å². The fraction of sp³-hybridized carbons (Fsp3) is 0.692. The summed E-state index contributed by atoms with van der Waals surface area (Å²) in [5.74, 6) is 2.02. The third kappa shape index (κ3) is 5.84. The molecule has 0 aromatic carbocycles. The van der Waals surface area contributed by atoms with Crippen LogP contribution >= 0.6 is 0 Å². The van der Waals surface area contributed by atoms with Gasteiger partial charge >= 0.3 is 0 Å². The molecule has 0 radical (unpaired) electrons. The number of anilines is 2. The summed E-state index contributed by atoms with van der Waals surface area (Å²) in [5.41, 5.74) is -0.181. The minimum Gasteiger partial charge on any atom is -0.373 e. The molecule has 0 saturated carbocycles. The van der Waals surface area contributed by atoms with E-state index in [4.69, 9.17) is 0 Å². The van der Waals surface area contributed by atoms with Gasteiger partial charge in [0.2, 0.25) is 10.0 Å². The van der Waals surface area contributed by atoms with Crippen LogP contribution in [0.4, 0.5) is 11.6 Å². The topological polar surface area (TPSA) is 96.0 Å². The second-order valence-corrected chi connectivity index (χ2v) is 7.63. The summed E-state index contributed by atoms with van der Waals surface area (Å²) in [7, 11) is -1.44. The Balaban J connectivity index is 2.80. The van der Waals surface area contributed by atoms with Gasteiger partial charge in [-0.05, 0) is 0 Å². The average molecular weight is 315 g/mol. The van der Waals surface area contributed by atoms with E-state index in [9.17, 15) is 8.42 Å². The molecule has 1 rings (SSSR count). The highest BCUT2D eigenvalue weighted by Crippen LogP contribution is 2.21. The zero-order valence-corrected chi connectivity index (χ0v) is 14.1. The first-order chi connectivity index (χ1) is 9.68. The second kappa shape index (κ2) is 7.04. The Labute approximate surface area is 127 Å². The van der Waals surface area contributed by atoms with Crippen LogP contribution in [0.25, 0.3) is 0 Å². The molecule has 0 unspecified atom stereocenters.